The lowest BCUT2D eigenvalue weighted by Crippen LogP contribution is -2.37. The van der Waals surface area contributed by atoms with Crippen molar-refractivity contribution in [3.63, 3.8) is 0 Å². The van der Waals surface area contributed by atoms with E-state index in [0.29, 0.717) is 12.5 Å². The number of carboxylic acids is 1. The highest BCUT2D eigenvalue weighted by Gasteiger charge is 2.26. The lowest BCUT2D eigenvalue weighted by atomic mass is 9.96. The Morgan fingerprint density at radius 3 is 2.70 bits per heavy atom. The number of hydrogen-bond donors (Lipinski definition) is 1. The molecule has 8 heteroatoms. The summed E-state index contributed by atoms with van der Waals surface area (Å²) in [6, 6.07) is 0. The van der Waals surface area contributed by atoms with Gasteiger partial charge in [0.05, 0.1) is 13.1 Å². The van der Waals surface area contributed by atoms with Crippen LogP contribution in [0.25, 0.3) is 0 Å². The first-order valence-electron chi connectivity index (χ1n) is 7.84. The molecular formula is C15H22N6O2. The fourth-order valence-electron chi connectivity index (χ4n) is 3.13. The van der Waals surface area contributed by atoms with Gasteiger partial charge >= 0.3 is 5.97 Å². The summed E-state index contributed by atoms with van der Waals surface area (Å²) in [5.41, 5.74) is 0. The van der Waals surface area contributed by atoms with Gasteiger partial charge in [-0.25, -0.2) is 4.98 Å². The standard InChI is InChI=1S/C15H22N6O2/c1-11-16-5-8-21(11)9-13-17-18-15(19(13)2)12-3-6-20(7-4-12)10-14(22)23/h5,8,12H,3-4,6-7,9-10H2,1-2H3,(H,22,23). The predicted molar refractivity (Wildman–Crippen MR) is 83.1 cm³/mol. The third-order valence-electron chi connectivity index (χ3n) is 4.55. The van der Waals surface area contributed by atoms with Crippen LogP contribution in [0.2, 0.25) is 0 Å². The van der Waals surface area contributed by atoms with Crippen molar-refractivity contribution in [2.45, 2.75) is 32.2 Å². The van der Waals surface area contributed by atoms with Gasteiger partial charge in [0.25, 0.3) is 0 Å². The number of imidazole rings is 1. The van der Waals surface area contributed by atoms with Gasteiger partial charge in [0.15, 0.2) is 5.82 Å². The minimum Gasteiger partial charge on any atom is -0.480 e. The van der Waals surface area contributed by atoms with E-state index in [2.05, 4.69) is 19.7 Å². The Labute approximate surface area is 134 Å². The SMILES string of the molecule is Cc1nccn1Cc1nnc(C2CCN(CC(=O)O)CC2)n1C. The number of carbonyl (C=O) groups is 1. The first-order valence-corrected chi connectivity index (χ1v) is 7.84. The van der Waals surface area contributed by atoms with E-state index in [1.807, 2.05) is 29.6 Å². The highest BCUT2D eigenvalue weighted by Crippen LogP contribution is 2.26. The average molecular weight is 318 g/mol. The van der Waals surface area contributed by atoms with Gasteiger partial charge < -0.3 is 14.2 Å². The molecule has 0 atom stereocenters. The smallest absolute Gasteiger partial charge is 0.317 e. The highest BCUT2D eigenvalue weighted by molar-refractivity contribution is 5.69. The zero-order valence-electron chi connectivity index (χ0n) is 13.5. The fourth-order valence-corrected chi connectivity index (χ4v) is 3.13. The molecule has 0 unspecified atom stereocenters. The van der Waals surface area contributed by atoms with Gasteiger partial charge in [0.2, 0.25) is 0 Å². The second-order valence-electron chi connectivity index (χ2n) is 6.08. The van der Waals surface area contributed by atoms with E-state index in [1.54, 1.807) is 6.20 Å². The molecule has 1 aliphatic rings. The quantitative estimate of drug-likeness (QED) is 0.870. The lowest BCUT2D eigenvalue weighted by molar-refractivity contribution is -0.138. The molecule has 23 heavy (non-hydrogen) atoms. The van der Waals surface area contributed by atoms with E-state index < -0.39 is 5.97 Å². The topological polar surface area (TPSA) is 89.1 Å². The van der Waals surface area contributed by atoms with Crippen LogP contribution in [-0.2, 0) is 18.4 Å². The van der Waals surface area contributed by atoms with Gasteiger partial charge in [-0.15, -0.1) is 10.2 Å². The number of aryl methyl sites for hydroxylation is 1. The van der Waals surface area contributed by atoms with Gasteiger partial charge in [0.1, 0.15) is 11.6 Å². The summed E-state index contributed by atoms with van der Waals surface area (Å²) >= 11 is 0. The Morgan fingerprint density at radius 2 is 2.09 bits per heavy atom. The molecule has 0 saturated carbocycles. The van der Waals surface area contributed by atoms with Crippen molar-refractivity contribution in [1.29, 1.82) is 0 Å². The van der Waals surface area contributed by atoms with E-state index in [-0.39, 0.29) is 6.54 Å². The zero-order valence-corrected chi connectivity index (χ0v) is 13.5. The number of nitrogens with zero attached hydrogens (tertiary/aromatic N) is 6. The Morgan fingerprint density at radius 1 is 1.35 bits per heavy atom. The molecule has 0 aromatic carbocycles. The van der Waals surface area contributed by atoms with Crippen molar-refractivity contribution in [2.75, 3.05) is 19.6 Å². The molecule has 0 amide bonds. The average Bonchev–Trinajstić information content (AvgIpc) is 3.07. The van der Waals surface area contributed by atoms with Gasteiger partial charge in [0, 0.05) is 25.4 Å². The Balaban J connectivity index is 1.66. The van der Waals surface area contributed by atoms with Crippen LogP contribution in [0.3, 0.4) is 0 Å². The molecule has 0 aliphatic carbocycles. The fraction of sp³-hybridized carbons (Fsp3) is 0.600. The molecule has 8 nitrogen and oxygen atoms in total. The van der Waals surface area contributed by atoms with Crippen molar-refractivity contribution >= 4 is 5.97 Å². The number of aromatic nitrogens is 5. The van der Waals surface area contributed by atoms with E-state index >= 15 is 0 Å². The first kappa shape index (κ1) is 15.7. The monoisotopic (exact) mass is 318 g/mol. The van der Waals surface area contributed by atoms with Crippen LogP contribution < -0.4 is 0 Å². The van der Waals surface area contributed by atoms with E-state index in [4.69, 9.17) is 5.11 Å². The molecule has 3 heterocycles. The van der Waals surface area contributed by atoms with Crippen LogP contribution in [-0.4, -0.2) is 59.9 Å². The molecule has 2 aromatic heterocycles. The molecule has 3 rings (SSSR count). The molecule has 1 fully saturated rings. The number of carboxylic acid groups (broad SMARTS) is 1. The summed E-state index contributed by atoms with van der Waals surface area (Å²) in [7, 11) is 2.00. The normalized spacial score (nSPS) is 16.8. The van der Waals surface area contributed by atoms with E-state index in [0.717, 1.165) is 43.4 Å². The summed E-state index contributed by atoms with van der Waals surface area (Å²) in [5.74, 6) is 2.44. The van der Waals surface area contributed by atoms with Crippen LogP contribution in [0.4, 0.5) is 0 Å². The summed E-state index contributed by atoms with van der Waals surface area (Å²) in [5, 5.41) is 17.6. The molecule has 1 saturated heterocycles. The largest absolute Gasteiger partial charge is 0.480 e. The Kier molecular flexibility index (Phi) is 4.42. The van der Waals surface area contributed by atoms with Crippen molar-refractivity contribution in [3.05, 3.63) is 29.9 Å². The molecule has 1 aliphatic heterocycles. The Bertz CT molecular complexity index is 684. The number of aliphatic carboxylic acids is 1. The number of piperidine rings is 1. The van der Waals surface area contributed by atoms with Crippen LogP contribution >= 0.6 is 0 Å². The maximum atomic E-state index is 10.8. The van der Waals surface area contributed by atoms with Gasteiger partial charge in [-0.3, -0.25) is 9.69 Å². The summed E-state index contributed by atoms with van der Waals surface area (Å²) in [6.07, 6.45) is 5.56. The second-order valence-corrected chi connectivity index (χ2v) is 6.08. The van der Waals surface area contributed by atoms with Crippen molar-refractivity contribution in [2.24, 2.45) is 7.05 Å². The zero-order chi connectivity index (χ0) is 16.4. The van der Waals surface area contributed by atoms with Gasteiger partial charge in [-0.05, 0) is 32.9 Å². The minimum atomic E-state index is -0.764. The van der Waals surface area contributed by atoms with Gasteiger partial charge in [-0.1, -0.05) is 0 Å². The third kappa shape index (κ3) is 3.42. The molecule has 0 spiro atoms. The summed E-state index contributed by atoms with van der Waals surface area (Å²) in [4.78, 5) is 17.0. The van der Waals surface area contributed by atoms with Crippen LogP contribution in [0.5, 0.6) is 0 Å². The molecule has 124 valence electrons. The molecular weight excluding hydrogens is 296 g/mol. The first-order chi connectivity index (χ1) is 11.0. The summed E-state index contributed by atoms with van der Waals surface area (Å²) in [6.45, 7) is 4.33. The van der Waals surface area contributed by atoms with Crippen molar-refractivity contribution in [3.8, 4) is 0 Å². The predicted octanol–water partition coefficient (Wildman–Crippen LogP) is 0.632. The molecule has 1 N–H and O–H groups in total. The molecule has 2 aromatic rings. The summed E-state index contributed by atoms with van der Waals surface area (Å²) < 4.78 is 4.11. The number of hydrogen-bond acceptors (Lipinski definition) is 5. The van der Waals surface area contributed by atoms with Crippen LogP contribution in [0.1, 0.15) is 36.2 Å². The maximum absolute atomic E-state index is 10.8. The van der Waals surface area contributed by atoms with E-state index in [1.165, 1.54) is 0 Å². The van der Waals surface area contributed by atoms with Crippen LogP contribution in [0, 0.1) is 6.92 Å². The van der Waals surface area contributed by atoms with Crippen LogP contribution in [0.15, 0.2) is 12.4 Å². The third-order valence-corrected chi connectivity index (χ3v) is 4.55. The Hall–Kier alpha value is -2.22. The number of rotatable bonds is 5. The second kappa shape index (κ2) is 6.49. The lowest BCUT2D eigenvalue weighted by Gasteiger charge is -2.30. The van der Waals surface area contributed by atoms with Crippen molar-refractivity contribution in [1.82, 2.24) is 29.2 Å². The highest BCUT2D eigenvalue weighted by atomic mass is 16.4. The van der Waals surface area contributed by atoms with E-state index in [9.17, 15) is 4.79 Å². The minimum absolute atomic E-state index is 0.122. The molecule has 0 radical (unpaired) electrons. The van der Waals surface area contributed by atoms with Crippen molar-refractivity contribution < 1.29 is 9.90 Å². The molecule has 0 bridgehead atoms. The maximum Gasteiger partial charge on any atom is 0.317 e. The number of likely N-dealkylation sites (tertiary alicyclic amines) is 1. The van der Waals surface area contributed by atoms with Gasteiger partial charge in [-0.2, -0.15) is 0 Å².